The summed E-state index contributed by atoms with van der Waals surface area (Å²) in [7, 11) is 0. The van der Waals surface area contributed by atoms with Gasteiger partial charge in [-0.2, -0.15) is 0 Å². The molecule has 1 atom stereocenters. The Hall–Kier alpha value is -2.73. The third-order valence-electron chi connectivity index (χ3n) is 5.38. The van der Waals surface area contributed by atoms with Gasteiger partial charge in [0, 0.05) is 45.5 Å². The Bertz CT molecular complexity index is 1050. The number of carbonyl (C=O) groups excluding carboxylic acids is 2. The fourth-order valence-electron chi connectivity index (χ4n) is 4.06. The predicted molar refractivity (Wildman–Crippen MR) is 116 cm³/mol. The van der Waals surface area contributed by atoms with Crippen molar-refractivity contribution in [2.75, 3.05) is 5.32 Å². The van der Waals surface area contributed by atoms with Crippen LogP contribution in [0, 0.1) is 6.92 Å². The van der Waals surface area contributed by atoms with Crippen molar-refractivity contribution in [2.45, 2.75) is 39.0 Å². The Morgan fingerprint density at radius 3 is 2.66 bits per heavy atom. The van der Waals surface area contributed by atoms with Gasteiger partial charge in [-0.25, -0.2) is 4.98 Å². The lowest BCUT2D eigenvalue weighted by Gasteiger charge is -2.34. The van der Waals surface area contributed by atoms with Crippen LogP contribution in [0.5, 0.6) is 0 Å². The van der Waals surface area contributed by atoms with Gasteiger partial charge in [-0.3, -0.25) is 9.59 Å². The Kier molecular flexibility index (Phi) is 5.37. The summed E-state index contributed by atoms with van der Waals surface area (Å²) in [5.74, 6) is -0.0272. The molecule has 2 aliphatic rings. The molecule has 2 aromatic rings. The monoisotopic (exact) mass is 451 g/mol. The maximum absolute atomic E-state index is 13.3. The number of rotatable bonds is 3. The van der Waals surface area contributed by atoms with E-state index < -0.39 is 5.92 Å². The molecule has 5 nitrogen and oxygen atoms in total. The molecule has 1 aromatic carbocycles. The van der Waals surface area contributed by atoms with Gasteiger partial charge in [0.25, 0.3) is 5.91 Å². The number of hydrogen-bond acceptors (Lipinski definition) is 4. The average Bonchev–Trinajstić information content (AvgIpc) is 2.67. The fraction of sp³-hybridized carbons (Fsp3) is 0.261. The van der Waals surface area contributed by atoms with Crippen LogP contribution in [0.3, 0.4) is 0 Å². The standard InChI is InChI=1S/C23H22BrN3O2/c1-13-10-11-25-19(12-13)27-23(29)20-14(2)26-17-4-3-5-18(28)22(17)21(20)15-6-8-16(24)9-7-15/h6-12,21,26H,3-5H2,1-2H3,(H,25,27,29). The second-order valence-electron chi connectivity index (χ2n) is 7.49. The van der Waals surface area contributed by atoms with E-state index in [2.05, 4.69) is 31.5 Å². The highest BCUT2D eigenvalue weighted by Crippen LogP contribution is 2.42. The summed E-state index contributed by atoms with van der Waals surface area (Å²) in [6, 6.07) is 11.5. The number of nitrogens with zero attached hydrogens (tertiary/aromatic N) is 1. The molecular formula is C23H22BrN3O2. The molecule has 148 valence electrons. The number of aryl methyl sites for hydroxylation is 1. The van der Waals surface area contributed by atoms with Crippen LogP contribution in [0.25, 0.3) is 0 Å². The number of benzene rings is 1. The van der Waals surface area contributed by atoms with Crippen LogP contribution < -0.4 is 10.6 Å². The number of hydrogen-bond donors (Lipinski definition) is 2. The average molecular weight is 452 g/mol. The molecule has 0 fully saturated rings. The second kappa shape index (κ2) is 7.95. The Morgan fingerprint density at radius 1 is 1.17 bits per heavy atom. The minimum Gasteiger partial charge on any atom is -0.362 e. The summed E-state index contributed by atoms with van der Waals surface area (Å²) in [5.41, 5.74) is 4.93. The molecule has 1 aromatic heterocycles. The largest absolute Gasteiger partial charge is 0.362 e. The van der Waals surface area contributed by atoms with E-state index in [4.69, 9.17) is 0 Å². The first kappa shape index (κ1) is 19.6. The smallest absolute Gasteiger partial charge is 0.255 e. The highest BCUT2D eigenvalue weighted by Gasteiger charge is 2.38. The first-order chi connectivity index (χ1) is 13.9. The van der Waals surface area contributed by atoms with E-state index in [1.807, 2.05) is 50.2 Å². The number of amides is 1. The van der Waals surface area contributed by atoms with Crippen LogP contribution in [-0.2, 0) is 9.59 Å². The summed E-state index contributed by atoms with van der Waals surface area (Å²) < 4.78 is 0.954. The molecule has 1 unspecified atom stereocenters. The molecule has 2 N–H and O–H groups in total. The number of halogens is 1. The first-order valence-corrected chi connectivity index (χ1v) is 10.5. The molecular weight excluding hydrogens is 430 g/mol. The molecule has 1 aliphatic carbocycles. The maximum atomic E-state index is 13.3. The van der Waals surface area contributed by atoms with Crippen LogP contribution in [0.15, 0.2) is 69.6 Å². The van der Waals surface area contributed by atoms with E-state index in [1.54, 1.807) is 6.20 Å². The minimum absolute atomic E-state index is 0.109. The van der Waals surface area contributed by atoms with Crippen molar-refractivity contribution >= 4 is 33.4 Å². The lowest BCUT2D eigenvalue weighted by atomic mass is 9.75. The van der Waals surface area contributed by atoms with Gasteiger partial charge in [-0.1, -0.05) is 28.1 Å². The van der Waals surface area contributed by atoms with Gasteiger partial charge in [0.2, 0.25) is 0 Å². The summed E-state index contributed by atoms with van der Waals surface area (Å²) in [4.78, 5) is 30.5. The molecule has 2 heterocycles. The van der Waals surface area contributed by atoms with Gasteiger partial charge in [-0.15, -0.1) is 0 Å². The number of pyridine rings is 1. The zero-order valence-electron chi connectivity index (χ0n) is 16.4. The molecule has 1 aliphatic heterocycles. The Morgan fingerprint density at radius 2 is 1.93 bits per heavy atom. The number of Topliss-reactive ketones (excluding diaryl/α,β-unsaturated/α-hetero) is 1. The molecule has 29 heavy (non-hydrogen) atoms. The Balaban J connectivity index is 1.78. The van der Waals surface area contributed by atoms with Crippen molar-refractivity contribution in [1.82, 2.24) is 10.3 Å². The minimum atomic E-state index is -0.392. The van der Waals surface area contributed by atoms with Crippen molar-refractivity contribution in [2.24, 2.45) is 0 Å². The first-order valence-electron chi connectivity index (χ1n) is 9.67. The van der Waals surface area contributed by atoms with Gasteiger partial charge >= 0.3 is 0 Å². The quantitative estimate of drug-likeness (QED) is 0.705. The SMILES string of the molecule is CC1=C(C(=O)Nc2cc(C)ccn2)C(c2ccc(Br)cc2)C2=C(CCCC2=O)N1. The van der Waals surface area contributed by atoms with Gasteiger partial charge < -0.3 is 10.6 Å². The third kappa shape index (κ3) is 3.90. The zero-order chi connectivity index (χ0) is 20.5. The van der Waals surface area contributed by atoms with Crippen LogP contribution in [0.1, 0.15) is 43.2 Å². The van der Waals surface area contributed by atoms with Gasteiger partial charge in [-0.05, 0) is 62.1 Å². The summed E-state index contributed by atoms with van der Waals surface area (Å²) in [6.07, 6.45) is 3.84. The molecule has 6 heteroatoms. The third-order valence-corrected chi connectivity index (χ3v) is 5.91. The highest BCUT2D eigenvalue weighted by atomic mass is 79.9. The van der Waals surface area contributed by atoms with Crippen LogP contribution >= 0.6 is 15.9 Å². The van der Waals surface area contributed by atoms with E-state index in [1.165, 1.54) is 0 Å². The number of carbonyl (C=O) groups is 2. The maximum Gasteiger partial charge on any atom is 0.255 e. The van der Waals surface area contributed by atoms with Crippen molar-refractivity contribution in [1.29, 1.82) is 0 Å². The van der Waals surface area contributed by atoms with Gasteiger partial charge in [0.05, 0.1) is 0 Å². The molecule has 4 rings (SSSR count). The van der Waals surface area contributed by atoms with Crippen molar-refractivity contribution < 1.29 is 9.59 Å². The van der Waals surface area contributed by atoms with Crippen molar-refractivity contribution in [3.05, 3.63) is 80.7 Å². The predicted octanol–water partition coefficient (Wildman–Crippen LogP) is 4.76. The Labute approximate surface area is 178 Å². The molecule has 0 bridgehead atoms. The van der Waals surface area contributed by atoms with E-state index in [-0.39, 0.29) is 11.7 Å². The van der Waals surface area contributed by atoms with Crippen LogP contribution in [0.4, 0.5) is 5.82 Å². The topological polar surface area (TPSA) is 71.1 Å². The lowest BCUT2D eigenvalue weighted by Crippen LogP contribution is -2.35. The fourth-order valence-corrected chi connectivity index (χ4v) is 4.33. The number of aromatic nitrogens is 1. The number of dihydropyridines is 1. The second-order valence-corrected chi connectivity index (χ2v) is 8.41. The zero-order valence-corrected chi connectivity index (χ0v) is 18.0. The summed E-state index contributed by atoms with van der Waals surface area (Å²) in [6.45, 7) is 3.85. The molecule has 1 amide bonds. The summed E-state index contributed by atoms with van der Waals surface area (Å²) >= 11 is 3.47. The lowest BCUT2D eigenvalue weighted by molar-refractivity contribution is -0.116. The van der Waals surface area contributed by atoms with Crippen molar-refractivity contribution in [3.8, 4) is 0 Å². The summed E-state index contributed by atoms with van der Waals surface area (Å²) in [5, 5.41) is 6.25. The molecule has 0 saturated heterocycles. The molecule has 0 radical (unpaired) electrons. The molecule has 0 spiro atoms. The number of nitrogens with one attached hydrogen (secondary N) is 2. The number of anilines is 1. The molecule has 0 saturated carbocycles. The number of allylic oxidation sites excluding steroid dienone is 3. The van der Waals surface area contributed by atoms with Crippen LogP contribution in [-0.4, -0.2) is 16.7 Å². The normalized spacial score (nSPS) is 19.0. The van der Waals surface area contributed by atoms with Crippen molar-refractivity contribution in [3.63, 3.8) is 0 Å². The van der Waals surface area contributed by atoms with E-state index in [9.17, 15) is 9.59 Å². The van der Waals surface area contributed by atoms with Gasteiger partial charge in [0.15, 0.2) is 5.78 Å². The number of ketones is 1. The van der Waals surface area contributed by atoms with Crippen LogP contribution in [0.2, 0.25) is 0 Å². The van der Waals surface area contributed by atoms with Gasteiger partial charge in [0.1, 0.15) is 5.82 Å². The highest BCUT2D eigenvalue weighted by molar-refractivity contribution is 9.10. The van der Waals surface area contributed by atoms with E-state index in [0.29, 0.717) is 23.4 Å². The van der Waals surface area contributed by atoms with E-state index >= 15 is 0 Å². The van der Waals surface area contributed by atoms with E-state index in [0.717, 1.165) is 39.8 Å².